The van der Waals surface area contributed by atoms with Crippen LogP contribution in [0.2, 0.25) is 0 Å². The minimum absolute atomic E-state index is 0.00960. The lowest BCUT2D eigenvalue weighted by atomic mass is 10.2. The zero-order chi connectivity index (χ0) is 22.9. The van der Waals surface area contributed by atoms with Crippen LogP contribution in [0.25, 0.3) is 10.9 Å². The van der Waals surface area contributed by atoms with Crippen LogP contribution in [-0.2, 0) is 26.9 Å². The molecule has 0 bridgehead atoms. The second-order valence-corrected chi connectivity index (χ2v) is 10.7. The minimum Gasteiger partial charge on any atom is -0.337 e. The first-order valence-corrected chi connectivity index (χ1v) is 12.6. The largest absolute Gasteiger partial charge is 0.337 e. The van der Waals surface area contributed by atoms with Crippen LogP contribution in [0.1, 0.15) is 16.7 Å². The molecule has 0 aliphatic carbocycles. The van der Waals surface area contributed by atoms with E-state index in [1.807, 2.05) is 74.5 Å². The monoisotopic (exact) mass is 510 g/mol. The Bertz CT molecular complexity index is 1410. The number of anilines is 1. The smallest absolute Gasteiger partial charge is 0.244 e. The number of rotatable bonds is 6. The van der Waals surface area contributed by atoms with Gasteiger partial charge in [0.15, 0.2) is 9.84 Å². The second kappa shape index (κ2) is 8.92. The average molecular weight is 511 g/mol. The molecule has 1 heterocycles. The Morgan fingerprint density at radius 1 is 1.00 bits per heavy atom. The number of benzene rings is 3. The zero-order valence-electron chi connectivity index (χ0n) is 17.8. The molecule has 5 nitrogen and oxygen atoms in total. The summed E-state index contributed by atoms with van der Waals surface area (Å²) in [6.07, 6.45) is 1.57. The van der Waals surface area contributed by atoms with Crippen molar-refractivity contribution in [1.29, 1.82) is 0 Å². The number of aryl methyl sites for hydroxylation is 2. The summed E-state index contributed by atoms with van der Waals surface area (Å²) >= 11 is 3.45. The predicted molar refractivity (Wildman–Crippen MR) is 132 cm³/mol. The van der Waals surface area contributed by atoms with Crippen molar-refractivity contribution in [2.24, 2.45) is 0 Å². The van der Waals surface area contributed by atoms with Gasteiger partial charge in [0.05, 0.1) is 10.6 Å². The van der Waals surface area contributed by atoms with Crippen molar-refractivity contribution in [1.82, 2.24) is 4.57 Å². The minimum atomic E-state index is -3.59. The lowest BCUT2D eigenvalue weighted by molar-refractivity contribution is -0.116. The standard InChI is InChI=1S/C25H23BrN2O3S/c1-17-7-9-19(10-8-17)16-32(30,31)24-14-28(23-6-4-3-5-21(23)24)15-25(29)27-20-11-12-22(26)18(2)13-20/h3-14H,15-16H2,1-2H3,(H,27,29). The van der Waals surface area contributed by atoms with Crippen molar-refractivity contribution in [2.75, 3.05) is 5.32 Å². The molecule has 3 aromatic carbocycles. The summed E-state index contributed by atoms with van der Waals surface area (Å²) in [7, 11) is -3.59. The van der Waals surface area contributed by atoms with Gasteiger partial charge in [-0.1, -0.05) is 64.0 Å². The third kappa shape index (κ3) is 4.79. The third-order valence-corrected chi connectivity index (χ3v) is 7.92. The quantitative estimate of drug-likeness (QED) is 0.365. The molecule has 0 radical (unpaired) electrons. The second-order valence-electron chi connectivity index (χ2n) is 7.90. The van der Waals surface area contributed by atoms with Gasteiger partial charge >= 0.3 is 0 Å². The highest BCUT2D eigenvalue weighted by atomic mass is 79.9. The Kier molecular flexibility index (Phi) is 6.22. The van der Waals surface area contributed by atoms with Crippen molar-refractivity contribution in [3.05, 3.63) is 94.1 Å². The fraction of sp³-hybridized carbons (Fsp3) is 0.160. The number of hydrogen-bond donors (Lipinski definition) is 1. The van der Waals surface area contributed by atoms with Gasteiger partial charge in [-0.25, -0.2) is 8.42 Å². The average Bonchev–Trinajstić information content (AvgIpc) is 3.12. The first kappa shape index (κ1) is 22.3. The summed E-state index contributed by atoms with van der Waals surface area (Å²) in [6, 6.07) is 20.3. The number of hydrogen-bond acceptors (Lipinski definition) is 3. The molecule has 4 rings (SSSR count). The molecule has 0 unspecified atom stereocenters. The molecule has 0 aliphatic heterocycles. The van der Waals surface area contributed by atoms with E-state index in [0.717, 1.165) is 21.2 Å². The maximum atomic E-state index is 13.2. The molecule has 0 saturated carbocycles. The Morgan fingerprint density at radius 2 is 1.72 bits per heavy atom. The molecule has 32 heavy (non-hydrogen) atoms. The molecule has 164 valence electrons. The van der Waals surface area contributed by atoms with Crippen LogP contribution < -0.4 is 5.32 Å². The number of nitrogens with one attached hydrogen (secondary N) is 1. The Balaban J connectivity index is 1.62. The number of fused-ring (bicyclic) bond motifs is 1. The van der Waals surface area contributed by atoms with E-state index in [4.69, 9.17) is 0 Å². The summed E-state index contributed by atoms with van der Waals surface area (Å²) in [4.78, 5) is 12.9. The van der Waals surface area contributed by atoms with Crippen molar-refractivity contribution in [3.63, 3.8) is 0 Å². The van der Waals surface area contributed by atoms with Crippen LogP contribution in [0.3, 0.4) is 0 Å². The van der Waals surface area contributed by atoms with Crippen LogP contribution in [0.4, 0.5) is 5.69 Å². The Labute approximate surface area is 196 Å². The lowest BCUT2D eigenvalue weighted by Crippen LogP contribution is -2.18. The molecule has 0 saturated heterocycles. The number of carbonyl (C=O) groups is 1. The molecule has 4 aromatic rings. The van der Waals surface area contributed by atoms with Gasteiger partial charge in [-0.2, -0.15) is 0 Å². The van der Waals surface area contributed by atoms with Crippen LogP contribution in [-0.4, -0.2) is 18.9 Å². The van der Waals surface area contributed by atoms with Crippen LogP contribution in [0.5, 0.6) is 0 Å². The van der Waals surface area contributed by atoms with Gasteiger partial charge in [-0.05, 0) is 49.2 Å². The van der Waals surface area contributed by atoms with Crippen LogP contribution >= 0.6 is 15.9 Å². The number of amides is 1. The van der Waals surface area contributed by atoms with E-state index in [9.17, 15) is 13.2 Å². The van der Waals surface area contributed by atoms with Crippen molar-refractivity contribution in [3.8, 4) is 0 Å². The van der Waals surface area contributed by atoms with Crippen molar-refractivity contribution >= 4 is 48.3 Å². The zero-order valence-corrected chi connectivity index (χ0v) is 20.2. The topological polar surface area (TPSA) is 68.2 Å². The first-order valence-electron chi connectivity index (χ1n) is 10.1. The predicted octanol–water partition coefficient (Wildman–Crippen LogP) is 5.63. The summed E-state index contributed by atoms with van der Waals surface area (Å²) in [6.45, 7) is 3.92. The van der Waals surface area contributed by atoms with E-state index in [1.165, 1.54) is 0 Å². The SMILES string of the molecule is Cc1ccc(CS(=O)(=O)c2cn(CC(=O)Nc3ccc(Br)c(C)c3)c3ccccc23)cc1. The van der Waals surface area contributed by atoms with Crippen LogP contribution in [0, 0.1) is 13.8 Å². The molecule has 0 fully saturated rings. The fourth-order valence-electron chi connectivity index (χ4n) is 3.65. The van der Waals surface area contributed by atoms with Gasteiger partial charge in [-0.15, -0.1) is 0 Å². The summed E-state index contributed by atoms with van der Waals surface area (Å²) in [5.74, 6) is -0.319. The van der Waals surface area contributed by atoms with Crippen molar-refractivity contribution < 1.29 is 13.2 Å². The van der Waals surface area contributed by atoms with E-state index in [-0.39, 0.29) is 23.1 Å². The highest BCUT2D eigenvalue weighted by molar-refractivity contribution is 9.10. The highest BCUT2D eigenvalue weighted by Gasteiger charge is 2.22. The number of aromatic nitrogens is 1. The van der Waals surface area contributed by atoms with Crippen molar-refractivity contribution in [2.45, 2.75) is 31.0 Å². The number of nitrogens with zero attached hydrogens (tertiary/aromatic N) is 1. The van der Waals surface area contributed by atoms with E-state index < -0.39 is 9.84 Å². The maximum absolute atomic E-state index is 13.2. The van der Waals surface area contributed by atoms with E-state index in [2.05, 4.69) is 21.2 Å². The van der Waals surface area contributed by atoms with Gasteiger partial charge in [0.2, 0.25) is 5.91 Å². The first-order chi connectivity index (χ1) is 15.2. The van der Waals surface area contributed by atoms with Gasteiger partial charge < -0.3 is 9.88 Å². The van der Waals surface area contributed by atoms with Crippen LogP contribution in [0.15, 0.2) is 82.3 Å². The molecular weight excluding hydrogens is 488 g/mol. The molecule has 1 aromatic heterocycles. The Morgan fingerprint density at radius 3 is 2.44 bits per heavy atom. The number of para-hydroxylation sites is 1. The maximum Gasteiger partial charge on any atom is 0.244 e. The molecule has 0 aliphatic rings. The normalized spacial score (nSPS) is 11.6. The molecule has 1 N–H and O–H groups in total. The summed E-state index contributed by atoms with van der Waals surface area (Å²) < 4.78 is 29.1. The molecule has 1 amide bonds. The van der Waals surface area contributed by atoms with E-state index >= 15 is 0 Å². The van der Waals surface area contributed by atoms with Gasteiger partial charge in [0, 0.05) is 27.3 Å². The number of sulfone groups is 1. The summed E-state index contributed by atoms with van der Waals surface area (Å²) in [5.41, 5.74) is 4.22. The summed E-state index contributed by atoms with van der Waals surface area (Å²) in [5, 5.41) is 3.50. The number of halogens is 1. The molecular formula is C25H23BrN2O3S. The van der Waals surface area contributed by atoms with E-state index in [0.29, 0.717) is 16.6 Å². The van der Waals surface area contributed by atoms with Gasteiger partial charge in [-0.3, -0.25) is 4.79 Å². The Hall–Kier alpha value is -2.90. The fourth-order valence-corrected chi connectivity index (χ4v) is 5.48. The van der Waals surface area contributed by atoms with Gasteiger partial charge in [0.25, 0.3) is 0 Å². The number of carbonyl (C=O) groups excluding carboxylic acids is 1. The van der Waals surface area contributed by atoms with E-state index in [1.54, 1.807) is 16.8 Å². The molecule has 0 atom stereocenters. The highest BCUT2D eigenvalue weighted by Crippen LogP contribution is 2.28. The van der Waals surface area contributed by atoms with Gasteiger partial charge in [0.1, 0.15) is 6.54 Å². The molecule has 0 spiro atoms. The third-order valence-electron chi connectivity index (χ3n) is 5.32. The lowest BCUT2D eigenvalue weighted by Gasteiger charge is -2.09. The molecule has 7 heteroatoms.